The number of Topliss-reactive ketones (excluding diaryl/α,β-unsaturated/α-hetero) is 1. The Kier molecular flexibility index (Phi) is 7.02. The molecule has 1 saturated heterocycles. The molecule has 1 aliphatic heterocycles. The lowest BCUT2D eigenvalue weighted by molar-refractivity contribution is -0.144. The summed E-state index contributed by atoms with van der Waals surface area (Å²) < 4.78 is 9.97. The maximum atomic E-state index is 12.1. The molecule has 0 N–H and O–H groups in total. The van der Waals surface area contributed by atoms with Gasteiger partial charge >= 0.3 is 5.97 Å². The minimum atomic E-state index is -0.305. The summed E-state index contributed by atoms with van der Waals surface area (Å²) in [5.41, 5.74) is 0. The van der Waals surface area contributed by atoms with Gasteiger partial charge in [0.2, 0.25) is 0 Å². The van der Waals surface area contributed by atoms with Gasteiger partial charge in [-0.25, -0.2) is 0 Å². The quantitative estimate of drug-likeness (QED) is 0.649. The highest BCUT2D eigenvalue weighted by atomic mass is 16.5. The number of morpholine rings is 1. The summed E-state index contributed by atoms with van der Waals surface area (Å²) in [5, 5.41) is 0. The largest absolute Gasteiger partial charge is 0.469 e. The van der Waals surface area contributed by atoms with E-state index in [0.29, 0.717) is 6.42 Å². The van der Waals surface area contributed by atoms with Crippen LogP contribution in [0, 0.1) is 11.8 Å². The molecule has 5 heteroatoms. The van der Waals surface area contributed by atoms with Gasteiger partial charge in [-0.05, 0) is 13.0 Å². The zero-order chi connectivity index (χ0) is 14.3. The van der Waals surface area contributed by atoms with E-state index in [0.717, 1.165) is 32.8 Å². The Morgan fingerprint density at radius 3 is 2.42 bits per heavy atom. The van der Waals surface area contributed by atoms with Crippen LogP contribution in [0.2, 0.25) is 0 Å². The summed E-state index contributed by atoms with van der Waals surface area (Å²) in [6.45, 7) is 7.90. The number of esters is 1. The van der Waals surface area contributed by atoms with Crippen molar-refractivity contribution in [1.29, 1.82) is 0 Å². The second-order valence-corrected chi connectivity index (χ2v) is 5.28. The summed E-state index contributed by atoms with van der Waals surface area (Å²) in [4.78, 5) is 25.8. The molecule has 0 aromatic rings. The van der Waals surface area contributed by atoms with Gasteiger partial charge in [-0.3, -0.25) is 14.5 Å². The van der Waals surface area contributed by atoms with E-state index in [4.69, 9.17) is 4.74 Å². The Bertz CT molecular complexity index is 298. The highest BCUT2D eigenvalue weighted by Crippen LogP contribution is 2.17. The number of carbonyl (C=O) groups excluding carboxylic acids is 2. The van der Waals surface area contributed by atoms with Crippen LogP contribution >= 0.6 is 0 Å². The Morgan fingerprint density at radius 2 is 1.89 bits per heavy atom. The predicted octanol–water partition coefficient (Wildman–Crippen LogP) is 1.11. The first-order valence-electron chi connectivity index (χ1n) is 6.95. The molecular weight excluding hydrogens is 246 g/mol. The SMILES string of the molecule is COC(=O)C[C@@H](CCN1CCOCC1)C(=O)C(C)C. The molecule has 0 aromatic carbocycles. The molecule has 1 fully saturated rings. The topological polar surface area (TPSA) is 55.8 Å². The Morgan fingerprint density at radius 1 is 1.26 bits per heavy atom. The lowest BCUT2D eigenvalue weighted by atomic mass is 9.89. The maximum absolute atomic E-state index is 12.1. The van der Waals surface area contributed by atoms with Gasteiger partial charge in [0, 0.05) is 24.9 Å². The van der Waals surface area contributed by atoms with Gasteiger partial charge in [-0.1, -0.05) is 13.8 Å². The minimum absolute atomic E-state index is 0.0423. The van der Waals surface area contributed by atoms with Crippen molar-refractivity contribution in [3.63, 3.8) is 0 Å². The number of ether oxygens (including phenoxy) is 2. The fraction of sp³-hybridized carbons (Fsp3) is 0.857. The standard InChI is InChI=1S/C14H25NO4/c1-11(2)14(17)12(10-13(16)18-3)4-5-15-6-8-19-9-7-15/h11-12H,4-10H2,1-3H3/t12-/m1/s1. The zero-order valence-electron chi connectivity index (χ0n) is 12.2. The number of rotatable bonds is 7. The molecule has 1 aliphatic rings. The molecule has 0 amide bonds. The van der Waals surface area contributed by atoms with E-state index in [1.165, 1.54) is 7.11 Å². The first-order valence-corrected chi connectivity index (χ1v) is 6.95. The van der Waals surface area contributed by atoms with Crippen LogP contribution in [-0.4, -0.2) is 56.6 Å². The lowest BCUT2D eigenvalue weighted by Gasteiger charge is -2.28. The van der Waals surface area contributed by atoms with Crippen LogP contribution in [0.4, 0.5) is 0 Å². The van der Waals surface area contributed by atoms with Gasteiger partial charge in [0.15, 0.2) is 0 Å². The van der Waals surface area contributed by atoms with E-state index >= 15 is 0 Å². The van der Waals surface area contributed by atoms with E-state index in [1.807, 2.05) is 13.8 Å². The van der Waals surface area contributed by atoms with Crippen LogP contribution in [-0.2, 0) is 19.1 Å². The van der Waals surface area contributed by atoms with Crippen molar-refractivity contribution in [3.8, 4) is 0 Å². The molecule has 0 aromatic heterocycles. The zero-order valence-corrected chi connectivity index (χ0v) is 12.2. The summed E-state index contributed by atoms with van der Waals surface area (Å²) in [6, 6.07) is 0. The molecule has 0 unspecified atom stereocenters. The van der Waals surface area contributed by atoms with E-state index in [1.54, 1.807) is 0 Å². The van der Waals surface area contributed by atoms with Crippen molar-refractivity contribution in [2.45, 2.75) is 26.7 Å². The second kappa shape index (κ2) is 8.27. The number of hydrogen-bond donors (Lipinski definition) is 0. The number of ketones is 1. The average Bonchev–Trinajstić information content (AvgIpc) is 2.43. The molecule has 19 heavy (non-hydrogen) atoms. The van der Waals surface area contributed by atoms with Crippen LogP contribution in [0.5, 0.6) is 0 Å². The molecular formula is C14H25NO4. The smallest absolute Gasteiger partial charge is 0.306 e. The molecule has 5 nitrogen and oxygen atoms in total. The van der Waals surface area contributed by atoms with Crippen LogP contribution < -0.4 is 0 Å². The van der Waals surface area contributed by atoms with Crippen LogP contribution in [0.1, 0.15) is 26.7 Å². The van der Waals surface area contributed by atoms with Crippen molar-refractivity contribution in [1.82, 2.24) is 4.90 Å². The number of nitrogens with zero attached hydrogens (tertiary/aromatic N) is 1. The second-order valence-electron chi connectivity index (χ2n) is 5.28. The van der Waals surface area contributed by atoms with Gasteiger partial charge in [0.1, 0.15) is 5.78 Å². The third kappa shape index (κ3) is 5.70. The van der Waals surface area contributed by atoms with Crippen LogP contribution in [0.25, 0.3) is 0 Å². The third-order valence-electron chi connectivity index (χ3n) is 3.51. The molecule has 0 radical (unpaired) electrons. The van der Waals surface area contributed by atoms with Gasteiger partial charge in [0.25, 0.3) is 0 Å². The van der Waals surface area contributed by atoms with Crippen molar-refractivity contribution in [2.75, 3.05) is 40.0 Å². The normalized spacial score (nSPS) is 18.3. The van der Waals surface area contributed by atoms with Gasteiger partial charge in [-0.15, -0.1) is 0 Å². The number of methoxy groups -OCH3 is 1. The molecule has 0 spiro atoms. The Labute approximate surface area is 115 Å². The average molecular weight is 271 g/mol. The van der Waals surface area contributed by atoms with E-state index in [9.17, 15) is 9.59 Å². The predicted molar refractivity (Wildman–Crippen MR) is 71.8 cm³/mol. The summed E-state index contributed by atoms with van der Waals surface area (Å²) >= 11 is 0. The van der Waals surface area contributed by atoms with Crippen molar-refractivity contribution in [2.24, 2.45) is 11.8 Å². The van der Waals surface area contributed by atoms with Gasteiger partial charge in [-0.2, -0.15) is 0 Å². The first-order chi connectivity index (χ1) is 9.04. The van der Waals surface area contributed by atoms with Crippen molar-refractivity contribution < 1.29 is 19.1 Å². The fourth-order valence-electron chi connectivity index (χ4n) is 2.26. The fourth-order valence-corrected chi connectivity index (χ4v) is 2.26. The molecule has 1 atom stereocenters. The maximum Gasteiger partial charge on any atom is 0.306 e. The monoisotopic (exact) mass is 271 g/mol. The van der Waals surface area contributed by atoms with E-state index in [-0.39, 0.29) is 30.0 Å². The summed E-state index contributed by atoms with van der Waals surface area (Å²) in [7, 11) is 1.36. The highest BCUT2D eigenvalue weighted by molar-refractivity contribution is 5.86. The van der Waals surface area contributed by atoms with Crippen LogP contribution in [0.3, 0.4) is 0 Å². The lowest BCUT2D eigenvalue weighted by Crippen LogP contribution is -2.38. The summed E-state index contributed by atoms with van der Waals surface area (Å²) in [5.74, 6) is -0.422. The number of hydrogen-bond acceptors (Lipinski definition) is 5. The third-order valence-corrected chi connectivity index (χ3v) is 3.51. The van der Waals surface area contributed by atoms with Gasteiger partial charge < -0.3 is 9.47 Å². The molecule has 0 saturated carbocycles. The Hall–Kier alpha value is -0.940. The minimum Gasteiger partial charge on any atom is -0.469 e. The van der Waals surface area contributed by atoms with Gasteiger partial charge in [0.05, 0.1) is 26.7 Å². The van der Waals surface area contributed by atoms with Crippen molar-refractivity contribution >= 4 is 11.8 Å². The number of carbonyl (C=O) groups is 2. The van der Waals surface area contributed by atoms with E-state index in [2.05, 4.69) is 9.64 Å². The molecule has 1 heterocycles. The molecule has 1 rings (SSSR count). The van der Waals surface area contributed by atoms with Crippen LogP contribution in [0.15, 0.2) is 0 Å². The highest BCUT2D eigenvalue weighted by Gasteiger charge is 2.25. The van der Waals surface area contributed by atoms with E-state index < -0.39 is 0 Å². The molecule has 0 aliphatic carbocycles. The van der Waals surface area contributed by atoms with Crippen molar-refractivity contribution in [3.05, 3.63) is 0 Å². The first kappa shape index (κ1) is 16.1. The Balaban J connectivity index is 2.47. The molecule has 110 valence electrons. The molecule has 0 bridgehead atoms. The summed E-state index contributed by atoms with van der Waals surface area (Å²) in [6.07, 6.45) is 0.907.